The molecule has 0 aromatic heterocycles. The fourth-order valence-corrected chi connectivity index (χ4v) is 2.61. The molecule has 0 atom stereocenters. The molecule has 0 aliphatic carbocycles. The maximum Gasteiger partial charge on any atom is 0.331 e. The predicted octanol–water partition coefficient (Wildman–Crippen LogP) is 3.91. The van der Waals surface area contributed by atoms with Gasteiger partial charge in [-0.05, 0) is 37.0 Å². The lowest BCUT2D eigenvalue weighted by Gasteiger charge is -2.09. The quantitative estimate of drug-likeness (QED) is 0.492. The van der Waals surface area contributed by atoms with Crippen molar-refractivity contribution >= 4 is 35.4 Å². The molecule has 0 aliphatic heterocycles. The number of aryl methyl sites for hydroxylation is 1. The van der Waals surface area contributed by atoms with E-state index in [-0.39, 0.29) is 12.5 Å². The Morgan fingerprint density at radius 1 is 1.17 bits per heavy atom. The number of para-hydroxylation sites is 1. The third-order valence-electron chi connectivity index (χ3n) is 3.18. The Hall–Kier alpha value is -2.53. The van der Waals surface area contributed by atoms with Gasteiger partial charge in [0, 0.05) is 11.0 Å². The molecule has 2 aromatic carbocycles. The van der Waals surface area contributed by atoms with Crippen molar-refractivity contribution in [1.82, 2.24) is 0 Å². The summed E-state index contributed by atoms with van der Waals surface area (Å²) >= 11 is 1.54. The number of rotatable bonds is 6. The summed E-state index contributed by atoms with van der Waals surface area (Å²) in [6.45, 7) is 1.66. The van der Waals surface area contributed by atoms with Crippen molar-refractivity contribution in [2.75, 3.05) is 18.2 Å². The molecule has 0 bridgehead atoms. The van der Waals surface area contributed by atoms with Gasteiger partial charge in [0.05, 0.1) is 5.69 Å². The maximum atomic E-state index is 11.9. The number of ether oxygens (including phenoxy) is 1. The van der Waals surface area contributed by atoms with E-state index in [9.17, 15) is 9.59 Å². The molecule has 0 fully saturated rings. The van der Waals surface area contributed by atoms with Crippen LogP contribution in [-0.4, -0.2) is 24.7 Å². The summed E-state index contributed by atoms with van der Waals surface area (Å²) in [5.41, 5.74) is 2.73. The van der Waals surface area contributed by atoms with Gasteiger partial charge in [-0.25, -0.2) is 4.79 Å². The number of thioether (sulfide) groups is 1. The van der Waals surface area contributed by atoms with E-state index in [1.54, 1.807) is 6.08 Å². The first kappa shape index (κ1) is 17.8. The molecule has 4 nitrogen and oxygen atoms in total. The second-order valence-electron chi connectivity index (χ2n) is 5.10. The summed E-state index contributed by atoms with van der Waals surface area (Å²) in [6.07, 6.45) is 4.91. The zero-order valence-electron chi connectivity index (χ0n) is 13.6. The molecule has 24 heavy (non-hydrogen) atoms. The third-order valence-corrected chi connectivity index (χ3v) is 3.98. The van der Waals surface area contributed by atoms with Crippen LogP contribution in [0.15, 0.2) is 59.5 Å². The molecule has 0 aliphatic rings. The van der Waals surface area contributed by atoms with Crippen molar-refractivity contribution in [2.45, 2.75) is 11.8 Å². The van der Waals surface area contributed by atoms with Crippen molar-refractivity contribution < 1.29 is 14.3 Å². The molecule has 0 radical (unpaired) electrons. The fraction of sp³-hybridized carbons (Fsp3) is 0.158. The Kier molecular flexibility index (Phi) is 6.63. The van der Waals surface area contributed by atoms with Crippen LogP contribution in [0.5, 0.6) is 0 Å². The average Bonchev–Trinajstić information content (AvgIpc) is 2.58. The lowest BCUT2D eigenvalue weighted by atomic mass is 10.1. The van der Waals surface area contributed by atoms with Gasteiger partial charge in [0.25, 0.3) is 5.91 Å². The van der Waals surface area contributed by atoms with Crippen LogP contribution in [0.25, 0.3) is 6.08 Å². The molecule has 2 aromatic rings. The van der Waals surface area contributed by atoms with Crippen LogP contribution >= 0.6 is 11.8 Å². The molecule has 0 spiro atoms. The van der Waals surface area contributed by atoms with Crippen LogP contribution in [0.3, 0.4) is 0 Å². The minimum atomic E-state index is -0.551. The highest BCUT2D eigenvalue weighted by molar-refractivity contribution is 7.98. The van der Waals surface area contributed by atoms with E-state index < -0.39 is 5.97 Å². The number of esters is 1. The summed E-state index contributed by atoms with van der Waals surface area (Å²) in [6, 6.07) is 15.2. The third kappa shape index (κ3) is 5.59. The average molecular weight is 341 g/mol. The summed E-state index contributed by atoms with van der Waals surface area (Å²) < 4.78 is 4.96. The number of anilines is 1. The minimum absolute atomic E-state index is 0.320. The van der Waals surface area contributed by atoms with Crippen LogP contribution in [0.2, 0.25) is 0 Å². The van der Waals surface area contributed by atoms with E-state index >= 15 is 0 Å². The first-order valence-corrected chi connectivity index (χ1v) is 8.65. The Morgan fingerprint density at radius 3 is 2.71 bits per heavy atom. The molecule has 2 rings (SSSR count). The number of amides is 1. The van der Waals surface area contributed by atoms with Crippen molar-refractivity contribution in [3.63, 3.8) is 0 Å². The van der Waals surface area contributed by atoms with Crippen molar-refractivity contribution in [2.24, 2.45) is 0 Å². The Bertz CT molecular complexity index is 756. The molecule has 0 saturated heterocycles. The molecule has 1 amide bonds. The van der Waals surface area contributed by atoms with Gasteiger partial charge < -0.3 is 10.1 Å². The van der Waals surface area contributed by atoms with E-state index in [0.29, 0.717) is 5.69 Å². The molecular formula is C19H19NO3S. The van der Waals surface area contributed by atoms with Crippen molar-refractivity contribution in [1.29, 1.82) is 0 Å². The number of hydrogen-bond acceptors (Lipinski definition) is 4. The van der Waals surface area contributed by atoms with Crippen molar-refractivity contribution in [3.05, 3.63) is 65.7 Å². The van der Waals surface area contributed by atoms with Gasteiger partial charge in [-0.15, -0.1) is 11.8 Å². The molecule has 1 N–H and O–H groups in total. The van der Waals surface area contributed by atoms with Crippen LogP contribution in [-0.2, 0) is 14.3 Å². The zero-order valence-corrected chi connectivity index (χ0v) is 14.4. The number of carbonyl (C=O) groups is 2. The SMILES string of the molecule is CSc1ccccc1NC(=O)COC(=O)/C=C/c1cccc(C)c1. The van der Waals surface area contributed by atoms with E-state index in [2.05, 4.69) is 5.32 Å². The lowest BCUT2D eigenvalue weighted by molar-refractivity contribution is -0.142. The first-order chi connectivity index (χ1) is 11.6. The van der Waals surface area contributed by atoms with Gasteiger partial charge in [-0.3, -0.25) is 4.79 Å². The second-order valence-corrected chi connectivity index (χ2v) is 5.95. The largest absolute Gasteiger partial charge is 0.452 e. The van der Waals surface area contributed by atoms with Crippen LogP contribution < -0.4 is 5.32 Å². The number of benzene rings is 2. The second kappa shape index (κ2) is 8.93. The number of carbonyl (C=O) groups excluding carboxylic acids is 2. The van der Waals surface area contributed by atoms with Gasteiger partial charge in [-0.2, -0.15) is 0 Å². The van der Waals surface area contributed by atoms with Gasteiger partial charge >= 0.3 is 5.97 Å². The molecule has 124 valence electrons. The fourth-order valence-electron chi connectivity index (χ4n) is 2.06. The topological polar surface area (TPSA) is 55.4 Å². The standard InChI is InChI=1S/C19H19NO3S/c1-14-6-5-7-15(12-14)10-11-19(22)23-13-18(21)20-16-8-3-4-9-17(16)24-2/h3-12H,13H2,1-2H3,(H,20,21)/b11-10+. The summed E-state index contributed by atoms with van der Waals surface area (Å²) in [5.74, 6) is -0.918. The molecule has 0 saturated carbocycles. The van der Waals surface area contributed by atoms with E-state index in [1.165, 1.54) is 17.8 Å². The molecular weight excluding hydrogens is 322 g/mol. The summed E-state index contributed by atoms with van der Waals surface area (Å²) in [5, 5.41) is 2.74. The van der Waals surface area contributed by atoms with Crippen LogP contribution in [0.4, 0.5) is 5.69 Å². The van der Waals surface area contributed by atoms with E-state index in [4.69, 9.17) is 4.74 Å². The summed E-state index contributed by atoms with van der Waals surface area (Å²) in [7, 11) is 0. The first-order valence-electron chi connectivity index (χ1n) is 7.43. The lowest BCUT2D eigenvalue weighted by Crippen LogP contribution is -2.20. The smallest absolute Gasteiger partial charge is 0.331 e. The minimum Gasteiger partial charge on any atom is -0.452 e. The molecule has 0 heterocycles. The normalized spacial score (nSPS) is 10.6. The Morgan fingerprint density at radius 2 is 1.96 bits per heavy atom. The van der Waals surface area contributed by atoms with E-state index in [1.807, 2.05) is 61.7 Å². The summed E-state index contributed by atoms with van der Waals surface area (Å²) in [4.78, 5) is 24.5. The number of hydrogen-bond donors (Lipinski definition) is 1. The molecule has 5 heteroatoms. The van der Waals surface area contributed by atoms with Gasteiger partial charge in [0.2, 0.25) is 0 Å². The van der Waals surface area contributed by atoms with Gasteiger partial charge in [-0.1, -0.05) is 42.0 Å². The van der Waals surface area contributed by atoms with Gasteiger partial charge in [0.15, 0.2) is 6.61 Å². The highest BCUT2D eigenvalue weighted by Crippen LogP contribution is 2.24. The monoisotopic (exact) mass is 341 g/mol. The highest BCUT2D eigenvalue weighted by atomic mass is 32.2. The van der Waals surface area contributed by atoms with Gasteiger partial charge in [0.1, 0.15) is 0 Å². The Balaban J connectivity index is 1.84. The van der Waals surface area contributed by atoms with Crippen LogP contribution in [0.1, 0.15) is 11.1 Å². The number of nitrogens with one attached hydrogen (secondary N) is 1. The van der Waals surface area contributed by atoms with Crippen LogP contribution in [0, 0.1) is 6.92 Å². The Labute approximate surface area is 145 Å². The zero-order chi connectivity index (χ0) is 17.4. The highest BCUT2D eigenvalue weighted by Gasteiger charge is 2.08. The molecule has 0 unspecified atom stereocenters. The predicted molar refractivity (Wildman–Crippen MR) is 98.0 cm³/mol. The van der Waals surface area contributed by atoms with Crippen molar-refractivity contribution in [3.8, 4) is 0 Å². The van der Waals surface area contributed by atoms with E-state index in [0.717, 1.165) is 16.0 Å². The maximum absolute atomic E-state index is 11.9.